The number of unbranched alkanes of at least 4 members (excludes halogenated alkanes) is 3. The van der Waals surface area contributed by atoms with Crippen molar-refractivity contribution in [3.8, 4) is 5.82 Å². The number of hydrogen-bond donors (Lipinski definition) is 0. The van der Waals surface area contributed by atoms with Crippen molar-refractivity contribution >= 4 is 28.4 Å². The SMILES string of the molecule is CCCCCC/C(=N\OC(C)=O)C(=O)c1cn(-c2ccccn2)c2ccccc12. The second kappa shape index (κ2) is 9.78. The second-order valence-corrected chi connectivity index (χ2v) is 6.88. The summed E-state index contributed by atoms with van der Waals surface area (Å²) < 4.78 is 1.89. The first-order valence-electron chi connectivity index (χ1n) is 9.92. The van der Waals surface area contributed by atoms with Crippen molar-refractivity contribution in [1.82, 2.24) is 9.55 Å². The number of rotatable bonds is 9. The van der Waals surface area contributed by atoms with Crippen LogP contribution in [0.1, 0.15) is 56.3 Å². The Labute approximate surface area is 170 Å². The zero-order valence-electron chi connectivity index (χ0n) is 16.8. The van der Waals surface area contributed by atoms with E-state index in [0.29, 0.717) is 12.0 Å². The largest absolute Gasteiger partial charge is 0.331 e. The molecule has 0 saturated carbocycles. The number of pyridine rings is 1. The first-order chi connectivity index (χ1) is 14.1. The van der Waals surface area contributed by atoms with E-state index < -0.39 is 5.97 Å². The fourth-order valence-electron chi connectivity index (χ4n) is 3.24. The molecule has 150 valence electrons. The zero-order chi connectivity index (χ0) is 20.6. The van der Waals surface area contributed by atoms with Gasteiger partial charge in [0.25, 0.3) is 0 Å². The lowest BCUT2D eigenvalue weighted by Gasteiger charge is -2.05. The Morgan fingerprint density at radius 1 is 1.07 bits per heavy atom. The highest BCUT2D eigenvalue weighted by Gasteiger charge is 2.21. The van der Waals surface area contributed by atoms with Gasteiger partial charge in [0.2, 0.25) is 5.78 Å². The third-order valence-corrected chi connectivity index (χ3v) is 4.67. The van der Waals surface area contributed by atoms with E-state index in [-0.39, 0.29) is 11.5 Å². The highest BCUT2D eigenvalue weighted by atomic mass is 16.7. The average molecular weight is 391 g/mol. The summed E-state index contributed by atoms with van der Waals surface area (Å²) >= 11 is 0. The van der Waals surface area contributed by atoms with Gasteiger partial charge in [-0.2, -0.15) is 0 Å². The summed E-state index contributed by atoms with van der Waals surface area (Å²) in [6, 6.07) is 13.3. The van der Waals surface area contributed by atoms with E-state index in [9.17, 15) is 9.59 Å². The number of para-hydroxylation sites is 1. The molecule has 6 heteroatoms. The minimum atomic E-state index is -0.542. The average Bonchev–Trinajstić information content (AvgIpc) is 3.13. The Morgan fingerprint density at radius 3 is 2.59 bits per heavy atom. The maximum atomic E-state index is 13.3. The number of carbonyl (C=O) groups is 2. The van der Waals surface area contributed by atoms with Crippen LogP contribution in [-0.4, -0.2) is 27.0 Å². The third kappa shape index (κ3) is 4.96. The number of nitrogens with zero attached hydrogens (tertiary/aromatic N) is 3. The van der Waals surface area contributed by atoms with E-state index in [1.807, 2.05) is 47.0 Å². The Kier molecular flexibility index (Phi) is 6.89. The van der Waals surface area contributed by atoms with Crippen molar-refractivity contribution in [3.05, 3.63) is 60.4 Å². The summed E-state index contributed by atoms with van der Waals surface area (Å²) in [5, 5.41) is 4.69. The number of fused-ring (bicyclic) bond motifs is 1. The van der Waals surface area contributed by atoms with Crippen LogP contribution in [0.4, 0.5) is 0 Å². The molecule has 0 atom stereocenters. The van der Waals surface area contributed by atoms with Gasteiger partial charge in [-0.05, 0) is 31.0 Å². The topological polar surface area (TPSA) is 73.5 Å². The van der Waals surface area contributed by atoms with Gasteiger partial charge in [0, 0.05) is 30.3 Å². The smallest absolute Gasteiger partial charge is 0.318 e. The summed E-state index contributed by atoms with van der Waals surface area (Å²) in [4.78, 5) is 33.8. The number of Topliss-reactive ketones (excluding diaryl/α,β-unsaturated/α-hetero) is 1. The van der Waals surface area contributed by atoms with Gasteiger partial charge < -0.3 is 9.40 Å². The fourth-order valence-corrected chi connectivity index (χ4v) is 3.24. The predicted octanol–water partition coefficient (Wildman–Crippen LogP) is 5.10. The quantitative estimate of drug-likeness (QED) is 0.167. The molecule has 0 aliphatic heterocycles. The highest BCUT2D eigenvalue weighted by Crippen LogP contribution is 2.25. The molecular weight excluding hydrogens is 366 g/mol. The number of oxime groups is 1. The van der Waals surface area contributed by atoms with Gasteiger partial charge in [0.15, 0.2) is 0 Å². The van der Waals surface area contributed by atoms with Crippen LogP contribution < -0.4 is 0 Å². The van der Waals surface area contributed by atoms with Crippen molar-refractivity contribution in [2.24, 2.45) is 5.16 Å². The summed E-state index contributed by atoms with van der Waals surface area (Å²) in [5.74, 6) is -0.0439. The number of aromatic nitrogens is 2. The van der Waals surface area contributed by atoms with Crippen LogP contribution in [0.2, 0.25) is 0 Å². The predicted molar refractivity (Wildman–Crippen MR) is 113 cm³/mol. The number of benzene rings is 1. The monoisotopic (exact) mass is 391 g/mol. The van der Waals surface area contributed by atoms with Crippen molar-refractivity contribution in [2.45, 2.75) is 46.0 Å². The first kappa shape index (κ1) is 20.5. The minimum absolute atomic E-state index is 0.228. The molecule has 0 spiro atoms. The molecule has 0 N–H and O–H groups in total. The first-order valence-corrected chi connectivity index (χ1v) is 9.92. The normalized spacial score (nSPS) is 11.6. The lowest BCUT2D eigenvalue weighted by molar-refractivity contribution is -0.140. The van der Waals surface area contributed by atoms with Gasteiger partial charge in [-0.15, -0.1) is 0 Å². The van der Waals surface area contributed by atoms with Crippen LogP contribution in [-0.2, 0) is 9.63 Å². The molecule has 3 aromatic rings. The minimum Gasteiger partial charge on any atom is -0.318 e. The van der Waals surface area contributed by atoms with E-state index in [1.165, 1.54) is 6.92 Å². The number of carbonyl (C=O) groups excluding carboxylic acids is 2. The van der Waals surface area contributed by atoms with Crippen LogP contribution in [0.3, 0.4) is 0 Å². The lowest BCUT2D eigenvalue weighted by Crippen LogP contribution is -2.15. The Morgan fingerprint density at radius 2 is 1.86 bits per heavy atom. The lowest BCUT2D eigenvalue weighted by atomic mass is 10.0. The van der Waals surface area contributed by atoms with Crippen molar-refractivity contribution < 1.29 is 14.4 Å². The maximum absolute atomic E-state index is 13.3. The van der Waals surface area contributed by atoms with Crippen LogP contribution in [0, 0.1) is 0 Å². The van der Waals surface area contributed by atoms with Gasteiger partial charge in [0.1, 0.15) is 11.5 Å². The van der Waals surface area contributed by atoms with Crippen LogP contribution in [0.25, 0.3) is 16.7 Å². The van der Waals surface area contributed by atoms with Crippen LogP contribution in [0.15, 0.2) is 60.0 Å². The molecule has 0 aliphatic carbocycles. The number of ketones is 1. The van der Waals surface area contributed by atoms with Gasteiger partial charge >= 0.3 is 5.97 Å². The molecule has 1 aromatic carbocycles. The standard InChI is InChI=1S/C23H25N3O3/c1-3-4-5-6-12-20(25-29-17(2)27)23(28)19-16-26(22-14-9-10-15-24-22)21-13-8-7-11-18(19)21/h7-11,13-16H,3-6,12H2,1-2H3/b25-20+. The molecular formula is C23H25N3O3. The molecule has 0 unspecified atom stereocenters. The number of hydrogen-bond acceptors (Lipinski definition) is 5. The molecule has 2 aromatic heterocycles. The fraction of sp³-hybridized carbons (Fsp3) is 0.304. The second-order valence-electron chi connectivity index (χ2n) is 6.88. The molecule has 2 heterocycles. The molecule has 0 aliphatic rings. The molecule has 0 amide bonds. The van der Waals surface area contributed by atoms with E-state index in [0.717, 1.165) is 42.4 Å². The van der Waals surface area contributed by atoms with Gasteiger partial charge in [-0.1, -0.05) is 55.6 Å². The molecule has 3 rings (SSSR count). The molecule has 29 heavy (non-hydrogen) atoms. The van der Waals surface area contributed by atoms with E-state index >= 15 is 0 Å². The summed E-state index contributed by atoms with van der Waals surface area (Å²) in [6.07, 6.45) is 7.97. The molecule has 0 fully saturated rings. The highest BCUT2D eigenvalue weighted by molar-refractivity contribution is 6.47. The van der Waals surface area contributed by atoms with Crippen LogP contribution >= 0.6 is 0 Å². The molecule has 0 saturated heterocycles. The van der Waals surface area contributed by atoms with Gasteiger partial charge in [0.05, 0.1) is 5.52 Å². The summed E-state index contributed by atoms with van der Waals surface area (Å²) in [5.41, 5.74) is 1.67. The molecule has 0 bridgehead atoms. The van der Waals surface area contributed by atoms with E-state index in [1.54, 1.807) is 12.4 Å². The zero-order valence-corrected chi connectivity index (χ0v) is 16.8. The third-order valence-electron chi connectivity index (χ3n) is 4.67. The van der Waals surface area contributed by atoms with Crippen molar-refractivity contribution in [2.75, 3.05) is 0 Å². The Balaban J connectivity index is 1.99. The van der Waals surface area contributed by atoms with Crippen molar-refractivity contribution in [3.63, 3.8) is 0 Å². The molecule has 6 nitrogen and oxygen atoms in total. The van der Waals surface area contributed by atoms with E-state index in [2.05, 4.69) is 17.1 Å². The maximum Gasteiger partial charge on any atom is 0.331 e. The molecule has 0 radical (unpaired) electrons. The van der Waals surface area contributed by atoms with E-state index in [4.69, 9.17) is 4.84 Å². The summed E-state index contributed by atoms with van der Waals surface area (Å²) in [7, 11) is 0. The Hall–Kier alpha value is -3.28. The summed E-state index contributed by atoms with van der Waals surface area (Å²) in [6.45, 7) is 3.40. The van der Waals surface area contributed by atoms with Crippen molar-refractivity contribution in [1.29, 1.82) is 0 Å². The van der Waals surface area contributed by atoms with Gasteiger partial charge in [-0.3, -0.25) is 4.79 Å². The van der Waals surface area contributed by atoms with Gasteiger partial charge in [-0.25, -0.2) is 9.78 Å². The Bertz CT molecular complexity index is 1020. The van der Waals surface area contributed by atoms with Crippen LogP contribution in [0.5, 0.6) is 0 Å².